The Labute approximate surface area is 230 Å². The zero-order valence-corrected chi connectivity index (χ0v) is 22.8. The molecule has 2 atom stereocenters. The number of piperazine rings is 1. The molecule has 1 spiro atoms. The Hall–Kier alpha value is -3.41. The molecule has 8 nitrogen and oxygen atoms in total. The quantitative estimate of drug-likeness (QED) is 0.521. The zero-order valence-electron chi connectivity index (χ0n) is 22.8. The standard InChI is InChI=1S/C31H37N7O/c1-36-16-5-8-24(36)21-39-30-34-27-20-38(28-10-4-7-22-6-2-3-9-25(22)28)31(12-13-31)18-26(27)29(35-30)37-17-15-33-23(19-37)11-14-32/h2-4,6-7,9-10,23-24,33H,5,8,11-13,15-21H2,1H3/t23-,24-/m0/s1. The lowest BCUT2D eigenvalue weighted by molar-refractivity contribution is 0.187. The van der Waals surface area contributed by atoms with Crippen LogP contribution in [0.3, 0.4) is 0 Å². The summed E-state index contributed by atoms with van der Waals surface area (Å²) in [6.45, 7) is 4.99. The zero-order chi connectivity index (χ0) is 26.4. The molecule has 0 unspecified atom stereocenters. The molecule has 2 aromatic carbocycles. The van der Waals surface area contributed by atoms with Crippen LogP contribution < -0.4 is 19.9 Å². The fourth-order valence-corrected chi connectivity index (χ4v) is 6.88. The monoisotopic (exact) mass is 523 g/mol. The second-order valence-electron chi connectivity index (χ2n) is 11.8. The summed E-state index contributed by atoms with van der Waals surface area (Å²) >= 11 is 0. The maximum absolute atomic E-state index is 9.33. The summed E-state index contributed by atoms with van der Waals surface area (Å²) in [5.74, 6) is 1.02. The highest BCUT2D eigenvalue weighted by Gasteiger charge is 2.52. The van der Waals surface area contributed by atoms with E-state index in [0.29, 0.717) is 25.1 Å². The molecule has 0 radical (unpaired) electrons. The predicted octanol–water partition coefficient (Wildman–Crippen LogP) is 3.89. The van der Waals surface area contributed by atoms with Crippen molar-refractivity contribution in [3.63, 3.8) is 0 Å². The molecule has 1 aromatic heterocycles. The summed E-state index contributed by atoms with van der Waals surface area (Å²) in [5.41, 5.74) is 3.76. The van der Waals surface area contributed by atoms with Crippen LogP contribution in [0.15, 0.2) is 42.5 Å². The van der Waals surface area contributed by atoms with Gasteiger partial charge < -0.3 is 24.8 Å². The van der Waals surface area contributed by atoms with Gasteiger partial charge in [0.25, 0.3) is 0 Å². The maximum atomic E-state index is 9.33. The van der Waals surface area contributed by atoms with Gasteiger partial charge >= 0.3 is 6.01 Å². The molecule has 3 fully saturated rings. The van der Waals surface area contributed by atoms with Crippen LogP contribution in [0.5, 0.6) is 6.01 Å². The topological polar surface area (TPSA) is 80.5 Å². The smallest absolute Gasteiger partial charge is 0.318 e. The van der Waals surface area contributed by atoms with Crippen molar-refractivity contribution in [3.8, 4) is 12.1 Å². The average molecular weight is 524 g/mol. The Kier molecular flexibility index (Phi) is 6.29. The molecule has 202 valence electrons. The number of likely N-dealkylation sites (tertiary alicyclic amines) is 1. The molecule has 4 aliphatic rings. The summed E-state index contributed by atoms with van der Waals surface area (Å²) in [4.78, 5) is 17.5. The van der Waals surface area contributed by atoms with Gasteiger partial charge in [0.15, 0.2) is 0 Å². The third kappa shape index (κ3) is 4.58. The van der Waals surface area contributed by atoms with Crippen molar-refractivity contribution in [1.29, 1.82) is 5.26 Å². The van der Waals surface area contributed by atoms with E-state index in [1.807, 2.05) is 0 Å². The summed E-state index contributed by atoms with van der Waals surface area (Å²) in [6, 6.07) is 18.7. The minimum Gasteiger partial charge on any atom is -0.462 e. The van der Waals surface area contributed by atoms with Gasteiger partial charge in [-0.2, -0.15) is 15.2 Å². The summed E-state index contributed by atoms with van der Waals surface area (Å²) in [7, 11) is 2.17. The highest BCUT2D eigenvalue weighted by molar-refractivity contribution is 5.95. The lowest BCUT2D eigenvalue weighted by Gasteiger charge is -2.42. The van der Waals surface area contributed by atoms with Crippen LogP contribution in [0, 0.1) is 11.3 Å². The second-order valence-corrected chi connectivity index (χ2v) is 11.8. The first-order valence-electron chi connectivity index (χ1n) is 14.5. The SMILES string of the molecule is CN1CCC[C@H]1COc1nc2c(c(N3CCN[C@@H](CC#N)C3)n1)CC1(CC1)N(c1cccc3ccccc13)C2. The lowest BCUT2D eigenvalue weighted by atomic mass is 9.93. The third-order valence-electron chi connectivity index (χ3n) is 9.29. The summed E-state index contributed by atoms with van der Waals surface area (Å²) in [6.07, 6.45) is 6.17. The van der Waals surface area contributed by atoms with Crippen LogP contribution in [0.2, 0.25) is 0 Å². The fourth-order valence-electron chi connectivity index (χ4n) is 6.88. The molecule has 1 aliphatic carbocycles. The number of nitrogens with zero attached hydrogens (tertiary/aromatic N) is 6. The molecule has 8 heteroatoms. The minimum absolute atomic E-state index is 0.115. The predicted molar refractivity (Wildman–Crippen MR) is 153 cm³/mol. The molecule has 0 bridgehead atoms. The first kappa shape index (κ1) is 24.6. The Morgan fingerprint density at radius 1 is 1.13 bits per heavy atom. The Balaban J connectivity index is 1.26. The fraction of sp³-hybridized carbons (Fsp3) is 0.516. The van der Waals surface area contributed by atoms with E-state index in [4.69, 9.17) is 14.7 Å². The maximum Gasteiger partial charge on any atom is 0.318 e. The normalized spacial score (nSPS) is 24.1. The minimum atomic E-state index is 0.115. The van der Waals surface area contributed by atoms with Crippen molar-refractivity contribution >= 4 is 22.3 Å². The van der Waals surface area contributed by atoms with Crippen molar-refractivity contribution < 1.29 is 4.74 Å². The molecule has 3 aliphatic heterocycles. The number of nitriles is 1. The van der Waals surface area contributed by atoms with Gasteiger partial charge in [0.05, 0.1) is 24.7 Å². The summed E-state index contributed by atoms with van der Waals surface area (Å²) < 4.78 is 6.33. The third-order valence-corrected chi connectivity index (χ3v) is 9.29. The van der Waals surface area contributed by atoms with Gasteiger partial charge in [-0.15, -0.1) is 0 Å². The van der Waals surface area contributed by atoms with Crippen molar-refractivity contribution in [2.75, 3.05) is 49.6 Å². The Morgan fingerprint density at radius 3 is 2.82 bits per heavy atom. The number of nitrogens with one attached hydrogen (secondary N) is 1. The van der Waals surface area contributed by atoms with Gasteiger partial charge in [-0.25, -0.2) is 0 Å². The van der Waals surface area contributed by atoms with Gasteiger partial charge in [-0.05, 0) is 50.7 Å². The van der Waals surface area contributed by atoms with Gasteiger partial charge in [0.1, 0.15) is 12.4 Å². The van der Waals surface area contributed by atoms with E-state index in [-0.39, 0.29) is 11.6 Å². The molecule has 3 aromatic rings. The van der Waals surface area contributed by atoms with E-state index >= 15 is 0 Å². The number of fused-ring (bicyclic) bond motifs is 2. The van der Waals surface area contributed by atoms with E-state index in [0.717, 1.165) is 57.1 Å². The first-order valence-corrected chi connectivity index (χ1v) is 14.5. The highest BCUT2D eigenvalue weighted by atomic mass is 16.5. The molecule has 39 heavy (non-hydrogen) atoms. The largest absolute Gasteiger partial charge is 0.462 e. The number of ether oxygens (including phenoxy) is 1. The number of aromatic nitrogens is 2. The molecular weight excluding hydrogens is 486 g/mol. The van der Waals surface area contributed by atoms with Crippen LogP contribution in [-0.2, 0) is 13.0 Å². The van der Waals surface area contributed by atoms with E-state index < -0.39 is 0 Å². The Bertz CT molecular complexity index is 1410. The molecule has 1 N–H and O–H groups in total. The van der Waals surface area contributed by atoms with E-state index in [9.17, 15) is 5.26 Å². The molecule has 2 saturated heterocycles. The lowest BCUT2D eigenvalue weighted by Crippen LogP contribution is -2.52. The van der Waals surface area contributed by atoms with Crippen LogP contribution in [0.4, 0.5) is 11.5 Å². The van der Waals surface area contributed by atoms with Crippen LogP contribution in [-0.4, -0.2) is 72.3 Å². The number of anilines is 2. The van der Waals surface area contributed by atoms with Crippen molar-refractivity contribution in [2.24, 2.45) is 0 Å². The number of hydrogen-bond acceptors (Lipinski definition) is 8. The number of rotatable bonds is 6. The molecular formula is C31H37N7O. The van der Waals surface area contributed by atoms with Crippen molar-refractivity contribution in [2.45, 2.75) is 62.7 Å². The molecule has 1 saturated carbocycles. The van der Waals surface area contributed by atoms with Crippen LogP contribution in [0.25, 0.3) is 10.8 Å². The van der Waals surface area contributed by atoms with Gasteiger partial charge in [-0.3, -0.25) is 0 Å². The highest BCUT2D eigenvalue weighted by Crippen LogP contribution is 2.52. The van der Waals surface area contributed by atoms with Crippen molar-refractivity contribution in [1.82, 2.24) is 20.2 Å². The Morgan fingerprint density at radius 2 is 2.00 bits per heavy atom. The number of likely N-dealkylation sites (N-methyl/N-ethyl adjacent to an activating group) is 1. The van der Waals surface area contributed by atoms with E-state index in [1.54, 1.807) is 0 Å². The molecule has 4 heterocycles. The first-order chi connectivity index (χ1) is 19.1. The molecule has 0 amide bonds. The van der Waals surface area contributed by atoms with Crippen molar-refractivity contribution in [3.05, 3.63) is 53.7 Å². The van der Waals surface area contributed by atoms with Gasteiger partial charge in [0.2, 0.25) is 0 Å². The van der Waals surface area contributed by atoms with E-state index in [2.05, 4.69) is 75.6 Å². The average Bonchev–Trinajstić information content (AvgIpc) is 3.61. The van der Waals surface area contributed by atoms with Gasteiger partial charge in [-0.1, -0.05) is 36.4 Å². The van der Waals surface area contributed by atoms with Crippen LogP contribution in [0.1, 0.15) is 43.4 Å². The van der Waals surface area contributed by atoms with Gasteiger partial charge in [0, 0.05) is 60.3 Å². The van der Waals surface area contributed by atoms with E-state index in [1.165, 1.54) is 41.3 Å². The number of benzene rings is 2. The van der Waals surface area contributed by atoms with Crippen LogP contribution >= 0.6 is 0 Å². The second kappa shape index (κ2) is 9.96. The molecule has 7 rings (SSSR count). The number of hydrogen-bond donors (Lipinski definition) is 1. The summed E-state index contributed by atoms with van der Waals surface area (Å²) in [5, 5.41) is 15.4.